The highest BCUT2D eigenvalue weighted by molar-refractivity contribution is 9.10. The van der Waals surface area contributed by atoms with Crippen LogP contribution in [0, 0.1) is 0 Å². The van der Waals surface area contributed by atoms with Crippen molar-refractivity contribution >= 4 is 27.5 Å². The van der Waals surface area contributed by atoms with E-state index in [2.05, 4.69) is 33.4 Å². The van der Waals surface area contributed by atoms with Crippen LogP contribution in [0.25, 0.3) is 0 Å². The van der Waals surface area contributed by atoms with E-state index in [1.807, 2.05) is 62.4 Å². The average molecular weight is 454 g/mol. The quantitative estimate of drug-likeness (QED) is 0.447. The number of anilines is 1. The van der Waals surface area contributed by atoms with Gasteiger partial charge in [-0.2, -0.15) is 0 Å². The van der Waals surface area contributed by atoms with Gasteiger partial charge in [-0.05, 0) is 49.7 Å². The van der Waals surface area contributed by atoms with Crippen LogP contribution in [0.1, 0.15) is 29.8 Å². The Bertz CT molecular complexity index is 957. The van der Waals surface area contributed by atoms with E-state index in [-0.39, 0.29) is 12.0 Å². The minimum absolute atomic E-state index is 0.0240. The fraction of sp³-hybridized carbons (Fsp3) is 0.208. The number of carbonyl (C=O) groups excluding carboxylic acids is 1. The van der Waals surface area contributed by atoms with E-state index < -0.39 is 0 Å². The Kier molecular flexibility index (Phi) is 7.30. The lowest BCUT2D eigenvalue weighted by molar-refractivity contribution is 0.102. The van der Waals surface area contributed by atoms with Crippen LogP contribution < -0.4 is 14.8 Å². The van der Waals surface area contributed by atoms with Gasteiger partial charge in [0.15, 0.2) is 0 Å². The molecule has 150 valence electrons. The van der Waals surface area contributed by atoms with Crippen molar-refractivity contribution in [3.05, 3.63) is 88.4 Å². The summed E-state index contributed by atoms with van der Waals surface area (Å²) in [5.41, 5.74) is 2.37. The molecule has 4 nitrogen and oxygen atoms in total. The van der Waals surface area contributed by atoms with Crippen LogP contribution in [0.4, 0.5) is 5.69 Å². The van der Waals surface area contributed by atoms with Crippen LogP contribution in [0.15, 0.2) is 77.3 Å². The van der Waals surface area contributed by atoms with E-state index in [4.69, 9.17) is 9.47 Å². The molecule has 3 rings (SSSR count). The Morgan fingerprint density at radius 1 is 1.00 bits per heavy atom. The fourth-order valence-electron chi connectivity index (χ4n) is 2.83. The van der Waals surface area contributed by atoms with Crippen LogP contribution >= 0.6 is 15.9 Å². The predicted molar refractivity (Wildman–Crippen MR) is 120 cm³/mol. The summed E-state index contributed by atoms with van der Waals surface area (Å²) in [6, 6.07) is 23.0. The molecule has 29 heavy (non-hydrogen) atoms. The third kappa shape index (κ3) is 6.36. The monoisotopic (exact) mass is 453 g/mol. The van der Waals surface area contributed by atoms with Gasteiger partial charge in [0.1, 0.15) is 11.5 Å². The number of hydrogen-bond donors (Lipinski definition) is 1. The van der Waals surface area contributed by atoms with Gasteiger partial charge in [-0.1, -0.05) is 52.3 Å². The Morgan fingerprint density at radius 3 is 2.55 bits per heavy atom. The summed E-state index contributed by atoms with van der Waals surface area (Å²) < 4.78 is 12.4. The maximum atomic E-state index is 12.8. The van der Waals surface area contributed by atoms with Crippen LogP contribution in [0.2, 0.25) is 0 Å². The minimum atomic E-state index is -0.233. The highest BCUT2D eigenvalue weighted by Crippen LogP contribution is 2.26. The van der Waals surface area contributed by atoms with Crippen LogP contribution in [-0.4, -0.2) is 18.6 Å². The van der Waals surface area contributed by atoms with Crippen molar-refractivity contribution in [2.75, 3.05) is 11.9 Å². The number of ether oxygens (including phenoxy) is 2. The highest BCUT2D eigenvalue weighted by Gasteiger charge is 2.15. The number of amides is 1. The molecule has 0 saturated carbocycles. The first-order chi connectivity index (χ1) is 14.0. The zero-order chi connectivity index (χ0) is 20.6. The standard InChI is InChI=1S/C24H24BrNO3/c1-17(2)29-23-12-11-19(25)15-22(23)24(27)26-20-9-6-10-21(16-20)28-14-13-18-7-4-3-5-8-18/h3-12,15-17H,13-14H2,1-2H3,(H,26,27). The molecule has 3 aromatic carbocycles. The van der Waals surface area contributed by atoms with Crippen LogP contribution in [0.3, 0.4) is 0 Å². The topological polar surface area (TPSA) is 47.6 Å². The Hall–Kier alpha value is -2.79. The molecule has 5 heteroatoms. The van der Waals surface area contributed by atoms with Crippen LogP contribution in [-0.2, 0) is 6.42 Å². The average Bonchev–Trinajstić information content (AvgIpc) is 2.70. The Labute approximate surface area is 180 Å². The largest absolute Gasteiger partial charge is 0.493 e. The molecule has 0 aliphatic rings. The molecule has 0 spiro atoms. The van der Waals surface area contributed by atoms with E-state index in [0.29, 0.717) is 29.4 Å². The molecule has 1 N–H and O–H groups in total. The third-order valence-corrected chi connectivity index (χ3v) is 4.64. The molecule has 0 aliphatic heterocycles. The van der Waals surface area contributed by atoms with Gasteiger partial charge in [0.2, 0.25) is 0 Å². The molecular formula is C24H24BrNO3. The lowest BCUT2D eigenvalue weighted by Gasteiger charge is -2.15. The zero-order valence-corrected chi connectivity index (χ0v) is 18.1. The summed E-state index contributed by atoms with van der Waals surface area (Å²) in [4.78, 5) is 12.8. The first-order valence-electron chi connectivity index (χ1n) is 9.55. The maximum absolute atomic E-state index is 12.8. The molecule has 0 bridgehead atoms. The third-order valence-electron chi connectivity index (χ3n) is 4.14. The molecule has 0 heterocycles. The number of nitrogens with one attached hydrogen (secondary N) is 1. The second-order valence-electron chi connectivity index (χ2n) is 6.87. The number of halogens is 1. The lowest BCUT2D eigenvalue weighted by atomic mass is 10.1. The summed E-state index contributed by atoms with van der Waals surface area (Å²) in [5, 5.41) is 2.93. The van der Waals surface area contributed by atoms with Crippen molar-refractivity contribution in [1.82, 2.24) is 0 Å². The summed E-state index contributed by atoms with van der Waals surface area (Å²) in [6.45, 7) is 4.43. The molecule has 0 aromatic heterocycles. The highest BCUT2D eigenvalue weighted by atomic mass is 79.9. The first-order valence-corrected chi connectivity index (χ1v) is 10.3. The van der Waals surface area contributed by atoms with Crippen molar-refractivity contribution in [3.8, 4) is 11.5 Å². The van der Waals surface area contributed by atoms with Gasteiger partial charge in [-0.3, -0.25) is 4.79 Å². The number of benzene rings is 3. The van der Waals surface area contributed by atoms with Gasteiger partial charge >= 0.3 is 0 Å². The molecule has 0 radical (unpaired) electrons. The van der Waals surface area contributed by atoms with Crippen molar-refractivity contribution in [1.29, 1.82) is 0 Å². The molecule has 3 aromatic rings. The minimum Gasteiger partial charge on any atom is -0.493 e. The summed E-state index contributed by atoms with van der Waals surface area (Å²) in [5.74, 6) is 1.03. The normalized spacial score (nSPS) is 10.6. The van der Waals surface area contributed by atoms with Crippen molar-refractivity contribution in [3.63, 3.8) is 0 Å². The van der Waals surface area contributed by atoms with Crippen molar-refractivity contribution in [2.45, 2.75) is 26.4 Å². The van der Waals surface area contributed by atoms with Crippen LogP contribution in [0.5, 0.6) is 11.5 Å². The predicted octanol–water partition coefficient (Wildman–Crippen LogP) is 6.11. The van der Waals surface area contributed by atoms with Gasteiger partial charge in [-0.25, -0.2) is 0 Å². The summed E-state index contributed by atoms with van der Waals surface area (Å²) in [7, 11) is 0. The van der Waals surface area contributed by atoms with E-state index in [1.165, 1.54) is 5.56 Å². The molecule has 0 saturated heterocycles. The van der Waals surface area contributed by atoms with Gasteiger partial charge < -0.3 is 14.8 Å². The first kappa shape index (κ1) is 20.9. The van der Waals surface area contributed by atoms with E-state index in [9.17, 15) is 4.79 Å². The van der Waals surface area contributed by atoms with Gasteiger partial charge in [0.05, 0.1) is 18.3 Å². The van der Waals surface area contributed by atoms with E-state index in [0.717, 1.165) is 10.9 Å². The molecule has 1 amide bonds. The van der Waals surface area contributed by atoms with Gasteiger partial charge in [0, 0.05) is 22.6 Å². The number of carbonyl (C=O) groups is 1. The lowest BCUT2D eigenvalue weighted by Crippen LogP contribution is -2.16. The van der Waals surface area contributed by atoms with Gasteiger partial charge in [-0.15, -0.1) is 0 Å². The molecular weight excluding hydrogens is 430 g/mol. The fourth-order valence-corrected chi connectivity index (χ4v) is 3.19. The second-order valence-corrected chi connectivity index (χ2v) is 7.79. The molecule has 0 unspecified atom stereocenters. The van der Waals surface area contributed by atoms with Crippen molar-refractivity contribution < 1.29 is 14.3 Å². The second kappa shape index (κ2) is 10.1. The van der Waals surface area contributed by atoms with E-state index in [1.54, 1.807) is 12.1 Å². The SMILES string of the molecule is CC(C)Oc1ccc(Br)cc1C(=O)Nc1cccc(OCCc2ccccc2)c1. The van der Waals surface area contributed by atoms with Gasteiger partial charge in [0.25, 0.3) is 5.91 Å². The van der Waals surface area contributed by atoms with E-state index >= 15 is 0 Å². The van der Waals surface area contributed by atoms with Crippen molar-refractivity contribution in [2.24, 2.45) is 0 Å². The smallest absolute Gasteiger partial charge is 0.259 e. The maximum Gasteiger partial charge on any atom is 0.259 e. The molecule has 0 aliphatic carbocycles. The molecule has 0 atom stereocenters. The summed E-state index contributed by atoms with van der Waals surface area (Å²) in [6.07, 6.45) is 0.801. The summed E-state index contributed by atoms with van der Waals surface area (Å²) >= 11 is 3.42. The Balaban J connectivity index is 1.65. The number of rotatable bonds is 8. The zero-order valence-electron chi connectivity index (χ0n) is 16.5. The molecule has 0 fully saturated rings. The Morgan fingerprint density at radius 2 is 1.79 bits per heavy atom. The number of hydrogen-bond acceptors (Lipinski definition) is 3.